The molecule has 0 aliphatic carbocycles. The summed E-state index contributed by atoms with van der Waals surface area (Å²) in [6.07, 6.45) is -4.46. The van der Waals surface area contributed by atoms with Crippen LogP contribution in [0.4, 0.5) is 13.2 Å². The molecule has 2 aromatic carbocycles. The van der Waals surface area contributed by atoms with E-state index in [9.17, 15) is 13.2 Å². The van der Waals surface area contributed by atoms with Crippen LogP contribution in [0.2, 0.25) is 0 Å². The van der Waals surface area contributed by atoms with Crippen molar-refractivity contribution in [1.29, 1.82) is 0 Å². The Balaban J connectivity index is 2.39. The van der Waals surface area contributed by atoms with Crippen LogP contribution in [0, 0.1) is 0 Å². The molecule has 0 heterocycles. The number of nitrogens with two attached hydrogens (primary N) is 1. The molecule has 0 amide bonds. The van der Waals surface area contributed by atoms with Crippen LogP contribution in [-0.2, 0) is 6.18 Å². The predicted molar refractivity (Wildman–Crippen MR) is 81.5 cm³/mol. The van der Waals surface area contributed by atoms with Crippen LogP contribution < -0.4 is 10.5 Å². The average molecular weight is 376 g/mol. The van der Waals surface area contributed by atoms with Gasteiger partial charge >= 0.3 is 6.18 Å². The average Bonchev–Trinajstić information content (AvgIpc) is 2.40. The molecule has 2 aromatic rings. The van der Waals surface area contributed by atoms with E-state index in [-0.39, 0.29) is 16.3 Å². The third-order valence-corrected chi connectivity index (χ3v) is 3.36. The van der Waals surface area contributed by atoms with Gasteiger partial charge in [0.25, 0.3) is 0 Å². The van der Waals surface area contributed by atoms with E-state index in [1.54, 1.807) is 24.3 Å². The maximum absolute atomic E-state index is 12.7. The summed E-state index contributed by atoms with van der Waals surface area (Å²) >= 11 is 8.07. The van der Waals surface area contributed by atoms with Crippen LogP contribution in [0.5, 0.6) is 11.5 Å². The number of hydrogen-bond donors (Lipinski definition) is 1. The highest BCUT2D eigenvalue weighted by Crippen LogP contribution is 2.34. The van der Waals surface area contributed by atoms with Gasteiger partial charge in [-0.05, 0) is 42.5 Å². The van der Waals surface area contributed by atoms with E-state index in [1.807, 2.05) is 0 Å². The quantitative estimate of drug-likeness (QED) is 0.775. The van der Waals surface area contributed by atoms with Crippen molar-refractivity contribution in [2.24, 2.45) is 5.73 Å². The number of halogens is 4. The lowest BCUT2D eigenvalue weighted by atomic mass is 10.1. The molecular formula is C14H9BrF3NOS. The van der Waals surface area contributed by atoms with Gasteiger partial charge in [-0.1, -0.05) is 28.1 Å². The van der Waals surface area contributed by atoms with Crippen molar-refractivity contribution in [3.63, 3.8) is 0 Å². The zero-order chi connectivity index (χ0) is 15.6. The molecule has 2 N–H and O–H groups in total. The largest absolute Gasteiger partial charge is 0.457 e. The van der Waals surface area contributed by atoms with Gasteiger partial charge in [0.2, 0.25) is 0 Å². The Morgan fingerprint density at radius 2 is 1.71 bits per heavy atom. The van der Waals surface area contributed by atoms with Gasteiger partial charge in [-0.2, -0.15) is 13.2 Å². The van der Waals surface area contributed by atoms with Gasteiger partial charge in [-0.25, -0.2) is 0 Å². The molecule has 110 valence electrons. The Hall–Kier alpha value is -1.60. The van der Waals surface area contributed by atoms with Gasteiger partial charge in [-0.3, -0.25) is 0 Å². The van der Waals surface area contributed by atoms with Crippen molar-refractivity contribution >= 4 is 33.1 Å². The molecule has 0 unspecified atom stereocenters. The first kappa shape index (κ1) is 15.8. The van der Waals surface area contributed by atoms with Crippen molar-refractivity contribution in [1.82, 2.24) is 0 Å². The molecule has 7 heteroatoms. The molecule has 21 heavy (non-hydrogen) atoms. The fourth-order valence-corrected chi connectivity index (χ4v) is 2.04. The molecule has 0 fully saturated rings. The van der Waals surface area contributed by atoms with Crippen LogP contribution in [0.25, 0.3) is 0 Å². The second-order valence-electron chi connectivity index (χ2n) is 4.13. The zero-order valence-corrected chi connectivity index (χ0v) is 12.8. The zero-order valence-electron chi connectivity index (χ0n) is 10.4. The topological polar surface area (TPSA) is 35.2 Å². The monoisotopic (exact) mass is 375 g/mol. The lowest BCUT2D eigenvalue weighted by molar-refractivity contribution is -0.137. The molecular weight excluding hydrogens is 367 g/mol. The van der Waals surface area contributed by atoms with E-state index in [4.69, 9.17) is 22.7 Å². The second-order valence-corrected chi connectivity index (χ2v) is 5.48. The summed E-state index contributed by atoms with van der Waals surface area (Å²) in [5.41, 5.74) is 4.70. The molecule has 0 spiro atoms. The highest BCUT2D eigenvalue weighted by molar-refractivity contribution is 9.10. The van der Waals surface area contributed by atoms with E-state index in [1.165, 1.54) is 6.07 Å². The van der Waals surface area contributed by atoms with Crippen molar-refractivity contribution in [3.05, 3.63) is 58.1 Å². The van der Waals surface area contributed by atoms with Crippen LogP contribution >= 0.6 is 28.1 Å². The minimum Gasteiger partial charge on any atom is -0.457 e. The van der Waals surface area contributed by atoms with Crippen molar-refractivity contribution in [3.8, 4) is 11.5 Å². The standard InChI is InChI=1S/C14H9BrF3NOS/c15-9-2-4-10(5-3-9)20-12-6-1-8(14(16,17)18)7-11(12)13(19)21/h1-7H,(H2,19,21). The normalized spacial score (nSPS) is 11.2. The minimum absolute atomic E-state index is 0.0442. The maximum atomic E-state index is 12.7. The fraction of sp³-hybridized carbons (Fsp3) is 0.0714. The highest BCUT2D eigenvalue weighted by atomic mass is 79.9. The van der Waals surface area contributed by atoms with Crippen molar-refractivity contribution in [2.45, 2.75) is 6.18 Å². The first-order valence-corrected chi connectivity index (χ1v) is 6.92. The number of rotatable bonds is 3. The Morgan fingerprint density at radius 3 is 2.24 bits per heavy atom. The van der Waals surface area contributed by atoms with Gasteiger partial charge in [-0.15, -0.1) is 0 Å². The van der Waals surface area contributed by atoms with Crippen LogP contribution in [0.1, 0.15) is 11.1 Å². The summed E-state index contributed by atoms with van der Waals surface area (Å²) in [6, 6.07) is 9.86. The summed E-state index contributed by atoms with van der Waals surface area (Å²) in [5, 5.41) is 0. The van der Waals surface area contributed by atoms with Gasteiger partial charge in [0.05, 0.1) is 11.1 Å². The Kier molecular flexibility index (Phi) is 4.53. The summed E-state index contributed by atoms with van der Waals surface area (Å²) < 4.78 is 44.5. The molecule has 0 bridgehead atoms. The first-order chi connectivity index (χ1) is 9.77. The van der Waals surface area contributed by atoms with Crippen molar-refractivity contribution < 1.29 is 17.9 Å². The highest BCUT2D eigenvalue weighted by Gasteiger charge is 2.31. The fourth-order valence-electron chi connectivity index (χ4n) is 1.62. The number of thiocarbonyl (C=S) groups is 1. The molecule has 0 atom stereocenters. The number of hydrogen-bond acceptors (Lipinski definition) is 2. The van der Waals surface area contributed by atoms with Gasteiger partial charge in [0.1, 0.15) is 16.5 Å². The molecule has 0 radical (unpaired) electrons. The summed E-state index contributed by atoms with van der Waals surface area (Å²) in [7, 11) is 0. The molecule has 0 saturated heterocycles. The third-order valence-electron chi connectivity index (χ3n) is 2.61. The molecule has 0 aliphatic heterocycles. The second kappa shape index (κ2) is 6.03. The number of alkyl halides is 3. The molecule has 2 rings (SSSR count). The summed E-state index contributed by atoms with van der Waals surface area (Å²) in [4.78, 5) is -0.159. The number of ether oxygens (including phenoxy) is 1. The van der Waals surface area contributed by atoms with Gasteiger partial charge in [0.15, 0.2) is 0 Å². The van der Waals surface area contributed by atoms with Crippen molar-refractivity contribution in [2.75, 3.05) is 0 Å². The predicted octanol–water partition coefficient (Wildman–Crippen LogP) is 4.89. The van der Waals surface area contributed by atoms with Crippen LogP contribution in [0.15, 0.2) is 46.9 Å². The Labute approximate surface area is 132 Å². The number of benzene rings is 2. The molecule has 0 saturated carbocycles. The Morgan fingerprint density at radius 1 is 1.10 bits per heavy atom. The Bertz CT molecular complexity index is 671. The van der Waals surface area contributed by atoms with E-state index in [2.05, 4.69) is 15.9 Å². The van der Waals surface area contributed by atoms with E-state index >= 15 is 0 Å². The lowest BCUT2D eigenvalue weighted by Crippen LogP contribution is -2.13. The minimum atomic E-state index is -4.46. The maximum Gasteiger partial charge on any atom is 0.416 e. The lowest BCUT2D eigenvalue weighted by Gasteiger charge is -2.13. The van der Waals surface area contributed by atoms with E-state index < -0.39 is 11.7 Å². The van der Waals surface area contributed by atoms with Gasteiger partial charge in [0, 0.05) is 4.47 Å². The SMILES string of the molecule is NC(=S)c1cc(C(F)(F)F)ccc1Oc1ccc(Br)cc1. The summed E-state index contributed by atoms with van der Waals surface area (Å²) in [6.45, 7) is 0. The van der Waals surface area contributed by atoms with Crippen LogP contribution in [-0.4, -0.2) is 4.99 Å². The van der Waals surface area contributed by atoms with Gasteiger partial charge < -0.3 is 10.5 Å². The van der Waals surface area contributed by atoms with Crippen LogP contribution in [0.3, 0.4) is 0 Å². The van der Waals surface area contributed by atoms with E-state index in [0.29, 0.717) is 5.75 Å². The molecule has 2 nitrogen and oxygen atoms in total. The van der Waals surface area contributed by atoms with E-state index in [0.717, 1.165) is 16.6 Å². The molecule has 0 aromatic heterocycles. The first-order valence-electron chi connectivity index (χ1n) is 5.72. The third kappa shape index (κ3) is 3.95. The summed E-state index contributed by atoms with van der Waals surface area (Å²) in [5.74, 6) is 0.647. The molecule has 0 aliphatic rings. The smallest absolute Gasteiger partial charge is 0.416 e.